The summed E-state index contributed by atoms with van der Waals surface area (Å²) in [4.78, 5) is 51.7. The van der Waals surface area contributed by atoms with Gasteiger partial charge in [0.1, 0.15) is 11.1 Å². The second kappa shape index (κ2) is 11.1. The van der Waals surface area contributed by atoms with E-state index in [1.54, 1.807) is 7.05 Å². The molecular formula is C19H21N7O11S3. The van der Waals surface area contributed by atoms with Gasteiger partial charge in [-0.1, -0.05) is 11.8 Å². The number of aryl methyl sites for hydroxylation is 1. The van der Waals surface area contributed by atoms with Crippen molar-refractivity contribution in [3.8, 4) is 5.88 Å². The highest BCUT2D eigenvalue weighted by molar-refractivity contribution is 8.01. The van der Waals surface area contributed by atoms with E-state index in [1.807, 2.05) is 0 Å². The average Bonchev–Trinajstić information content (AvgIpc) is 3.48. The van der Waals surface area contributed by atoms with Crippen molar-refractivity contribution in [2.45, 2.75) is 22.7 Å². The maximum atomic E-state index is 13.3. The fourth-order valence-corrected chi connectivity index (χ4v) is 6.71. The summed E-state index contributed by atoms with van der Waals surface area (Å²) in [6.45, 7) is 0. The van der Waals surface area contributed by atoms with E-state index in [4.69, 9.17) is 9.26 Å². The quantitative estimate of drug-likeness (QED) is 0.0944. The molecule has 2 aromatic rings. The standard InChI is InChI=1S/C19H21N7O11S3/c1-25-18(21-23-24-25)39-7-8-6-38-17-19(35-3,16(31)26(17)12(8)14(28)29)20-10(27)5-9-11(15(30)34-2)13(22-36-9)37-40(4,32)33/h17H,5-7H2,1-4H3,(H,20,27)(H,28,29)/t17-,19+/m1/s1. The van der Waals surface area contributed by atoms with Gasteiger partial charge in [-0.05, 0) is 21.2 Å². The molecule has 0 radical (unpaired) electrons. The van der Waals surface area contributed by atoms with Crippen LogP contribution in [-0.2, 0) is 47.4 Å². The number of tetrazole rings is 1. The van der Waals surface area contributed by atoms with Crippen LogP contribution in [0.4, 0.5) is 0 Å². The number of aromatic nitrogens is 5. The van der Waals surface area contributed by atoms with Crippen molar-refractivity contribution in [3.63, 3.8) is 0 Å². The van der Waals surface area contributed by atoms with Crippen LogP contribution in [0.25, 0.3) is 0 Å². The molecule has 4 heterocycles. The molecule has 18 nitrogen and oxygen atoms in total. The second-order valence-electron chi connectivity index (χ2n) is 8.20. The summed E-state index contributed by atoms with van der Waals surface area (Å²) in [5.74, 6) is -4.92. The van der Waals surface area contributed by atoms with Crippen molar-refractivity contribution in [3.05, 3.63) is 22.6 Å². The van der Waals surface area contributed by atoms with Gasteiger partial charge in [-0.2, -0.15) is 8.42 Å². The molecule has 2 amide bonds. The maximum absolute atomic E-state index is 13.3. The van der Waals surface area contributed by atoms with Crippen molar-refractivity contribution < 1.29 is 50.9 Å². The first kappa shape index (κ1) is 29.3. The number of carboxylic acid groups (broad SMARTS) is 1. The van der Waals surface area contributed by atoms with Gasteiger partial charge >= 0.3 is 22.1 Å². The van der Waals surface area contributed by atoms with E-state index >= 15 is 0 Å². The number of thioether (sulfide) groups is 2. The number of rotatable bonds is 11. The van der Waals surface area contributed by atoms with Gasteiger partial charge in [0.05, 0.1) is 19.8 Å². The first-order valence-electron chi connectivity index (χ1n) is 10.9. The van der Waals surface area contributed by atoms with Crippen LogP contribution in [-0.4, -0.2) is 111 Å². The van der Waals surface area contributed by atoms with Gasteiger partial charge in [-0.25, -0.2) is 14.3 Å². The summed E-state index contributed by atoms with van der Waals surface area (Å²) in [6.07, 6.45) is 0.0136. The zero-order valence-corrected chi connectivity index (χ0v) is 23.6. The Morgan fingerprint density at radius 2 is 2.05 bits per heavy atom. The molecule has 21 heteroatoms. The Labute approximate surface area is 233 Å². The van der Waals surface area contributed by atoms with Crippen LogP contribution in [0.1, 0.15) is 16.1 Å². The Morgan fingerprint density at radius 3 is 2.62 bits per heavy atom. The van der Waals surface area contributed by atoms with E-state index < -0.39 is 68.6 Å². The Morgan fingerprint density at radius 1 is 1.32 bits per heavy atom. The highest BCUT2D eigenvalue weighted by Gasteiger charge is 2.66. The number of methoxy groups -OCH3 is 2. The van der Waals surface area contributed by atoms with Crippen LogP contribution in [0.5, 0.6) is 5.88 Å². The van der Waals surface area contributed by atoms with E-state index in [0.717, 1.165) is 12.0 Å². The van der Waals surface area contributed by atoms with E-state index in [9.17, 15) is 32.7 Å². The molecule has 2 atom stereocenters. The lowest BCUT2D eigenvalue weighted by Gasteiger charge is -2.55. The first-order valence-corrected chi connectivity index (χ1v) is 14.8. The van der Waals surface area contributed by atoms with E-state index in [-0.39, 0.29) is 17.2 Å². The zero-order chi connectivity index (χ0) is 29.4. The zero-order valence-electron chi connectivity index (χ0n) is 21.1. The molecule has 0 spiro atoms. The molecule has 216 valence electrons. The topological polar surface area (TPSA) is 235 Å². The maximum Gasteiger partial charge on any atom is 0.352 e. The number of carbonyl (C=O) groups excluding carboxylic acids is 3. The van der Waals surface area contributed by atoms with Crippen LogP contribution in [0, 0.1) is 0 Å². The van der Waals surface area contributed by atoms with Crippen molar-refractivity contribution in [1.82, 2.24) is 35.6 Å². The van der Waals surface area contributed by atoms with Gasteiger partial charge in [0.25, 0.3) is 17.5 Å². The predicted octanol–water partition coefficient (Wildman–Crippen LogP) is -1.63. The molecule has 0 unspecified atom stereocenters. The van der Waals surface area contributed by atoms with Crippen molar-refractivity contribution in [1.29, 1.82) is 0 Å². The van der Waals surface area contributed by atoms with Gasteiger partial charge in [0.2, 0.25) is 11.1 Å². The fraction of sp³-hybridized carbons (Fsp3) is 0.474. The molecule has 1 fully saturated rings. The SMILES string of the molecule is COC(=O)c1c(OS(C)(=O)=O)noc1CC(=O)N[C@]1(OC)C(=O)N2C(C(=O)O)=C(CSc3nnnn3C)CS[C@@H]21. The van der Waals surface area contributed by atoms with Crippen LogP contribution < -0.4 is 9.50 Å². The Balaban J connectivity index is 1.54. The summed E-state index contributed by atoms with van der Waals surface area (Å²) in [5.41, 5.74) is -2.29. The van der Waals surface area contributed by atoms with Crippen LogP contribution in [0.3, 0.4) is 0 Å². The van der Waals surface area contributed by atoms with Gasteiger partial charge < -0.3 is 28.6 Å². The number of carbonyl (C=O) groups is 4. The average molecular weight is 620 g/mol. The summed E-state index contributed by atoms with van der Waals surface area (Å²) in [6, 6.07) is 0. The summed E-state index contributed by atoms with van der Waals surface area (Å²) in [5, 5.41) is 26.3. The minimum Gasteiger partial charge on any atom is -0.477 e. The number of esters is 1. The molecule has 0 saturated carbocycles. The lowest BCUT2D eigenvalue weighted by atomic mass is 9.98. The molecule has 0 aromatic carbocycles. The Hall–Kier alpha value is -3.69. The third-order valence-electron chi connectivity index (χ3n) is 5.59. The molecule has 0 bridgehead atoms. The number of ether oxygens (including phenoxy) is 2. The molecule has 2 aliphatic rings. The summed E-state index contributed by atoms with van der Waals surface area (Å²) < 4.78 is 44.0. The van der Waals surface area contributed by atoms with Crippen molar-refractivity contribution in [2.24, 2.45) is 7.05 Å². The van der Waals surface area contributed by atoms with Crippen LogP contribution >= 0.6 is 23.5 Å². The third kappa shape index (κ3) is 5.36. The monoisotopic (exact) mass is 619 g/mol. The summed E-state index contributed by atoms with van der Waals surface area (Å²) >= 11 is 2.35. The minimum atomic E-state index is -4.11. The third-order valence-corrected chi connectivity index (χ3v) is 8.52. The molecule has 40 heavy (non-hydrogen) atoms. The smallest absolute Gasteiger partial charge is 0.352 e. The number of hydrogen-bond donors (Lipinski definition) is 2. The van der Waals surface area contributed by atoms with E-state index in [0.29, 0.717) is 17.0 Å². The largest absolute Gasteiger partial charge is 0.477 e. The number of carboxylic acids is 1. The number of fused-ring (bicyclic) bond motifs is 1. The number of β-lactam (4-membered cyclic amide) rings is 1. The van der Waals surface area contributed by atoms with Crippen LogP contribution in [0.2, 0.25) is 0 Å². The number of aliphatic carboxylic acids is 1. The van der Waals surface area contributed by atoms with Gasteiger partial charge in [-0.15, -0.1) is 16.9 Å². The number of hydrogen-bond acceptors (Lipinski definition) is 16. The minimum absolute atomic E-state index is 0.186. The number of nitrogens with one attached hydrogen (secondary N) is 1. The van der Waals surface area contributed by atoms with Gasteiger partial charge in [0.15, 0.2) is 11.3 Å². The highest BCUT2D eigenvalue weighted by Crippen LogP contribution is 2.47. The molecule has 4 rings (SSSR count). The van der Waals surface area contributed by atoms with Crippen molar-refractivity contribution >= 4 is 57.4 Å². The molecule has 1 saturated heterocycles. The fourth-order valence-electron chi connectivity index (χ4n) is 3.88. The lowest BCUT2D eigenvalue weighted by molar-refractivity contribution is -0.192. The Bertz CT molecular complexity index is 1520. The van der Waals surface area contributed by atoms with Gasteiger partial charge in [-0.3, -0.25) is 14.5 Å². The number of amides is 2. The Kier molecular flexibility index (Phi) is 8.10. The first-order chi connectivity index (χ1) is 18.8. The summed E-state index contributed by atoms with van der Waals surface area (Å²) in [7, 11) is -0.307. The molecule has 2 N–H and O–H groups in total. The predicted molar refractivity (Wildman–Crippen MR) is 132 cm³/mol. The highest BCUT2D eigenvalue weighted by atomic mass is 32.2. The molecule has 2 aromatic heterocycles. The van der Waals surface area contributed by atoms with Gasteiger partial charge in [0, 0.05) is 25.7 Å². The normalized spacial score (nSPS) is 20.6. The van der Waals surface area contributed by atoms with E-state index in [2.05, 4.69) is 34.9 Å². The molecular weight excluding hydrogens is 598 g/mol. The molecule has 0 aliphatic carbocycles. The number of nitrogens with zero attached hydrogens (tertiary/aromatic N) is 6. The lowest BCUT2D eigenvalue weighted by Crippen LogP contribution is -2.80. The second-order valence-corrected chi connectivity index (χ2v) is 11.8. The molecule has 2 aliphatic heterocycles. The van der Waals surface area contributed by atoms with Crippen molar-refractivity contribution in [2.75, 3.05) is 32.0 Å². The van der Waals surface area contributed by atoms with E-state index in [1.165, 1.54) is 35.3 Å². The van der Waals surface area contributed by atoms with Crippen LogP contribution in [0.15, 0.2) is 20.9 Å².